The Morgan fingerprint density at radius 1 is 0.302 bits per heavy atom. The second-order valence-electron chi connectivity index (χ2n) is 15.8. The molecule has 0 unspecified atom stereocenters. The Balaban J connectivity index is 1.05. The van der Waals surface area contributed by atoms with Crippen molar-refractivity contribution in [1.29, 1.82) is 0 Å². The van der Waals surface area contributed by atoms with E-state index in [9.17, 15) is 0 Å². The number of benzene rings is 9. The van der Waals surface area contributed by atoms with Gasteiger partial charge >= 0.3 is 0 Å². The molecule has 3 aromatic heterocycles. The third-order valence-electron chi connectivity index (χ3n) is 12.0. The van der Waals surface area contributed by atoms with Crippen LogP contribution in [0, 0.1) is 0 Å². The second kappa shape index (κ2) is 15.2. The fourth-order valence-corrected chi connectivity index (χ4v) is 9.11. The molecule has 0 aliphatic rings. The molecule has 9 aromatic carbocycles. The van der Waals surface area contributed by atoms with Crippen molar-refractivity contribution in [3.8, 4) is 73.4 Å². The normalized spacial score (nSPS) is 11.5. The SMILES string of the molecule is c1ccc(-c2cccc(-c3nc(-c4ccccc4)nc(-c4ccc(-c5cccc6c5c5ccc7c(-c8ccccc8)nc8ccccc8c7c5n6-c5ccccc5)cc4)n3)c2)cc1. The molecule has 12 aromatic rings. The van der Waals surface area contributed by atoms with Crippen LogP contribution in [0.2, 0.25) is 0 Å². The van der Waals surface area contributed by atoms with Gasteiger partial charge in [-0.25, -0.2) is 19.9 Å². The maximum Gasteiger partial charge on any atom is 0.164 e. The summed E-state index contributed by atoms with van der Waals surface area (Å²) >= 11 is 0. The van der Waals surface area contributed by atoms with Gasteiger partial charge in [0.05, 0.1) is 22.2 Å². The Hall–Kier alpha value is -8.54. The molecule has 0 atom stereocenters. The quantitative estimate of drug-likeness (QED) is 0.151. The van der Waals surface area contributed by atoms with Crippen molar-refractivity contribution in [2.45, 2.75) is 0 Å². The summed E-state index contributed by atoms with van der Waals surface area (Å²) in [6.07, 6.45) is 0. The zero-order chi connectivity index (χ0) is 41.7. The maximum atomic E-state index is 5.27. The van der Waals surface area contributed by atoms with Gasteiger partial charge in [-0.05, 0) is 52.6 Å². The molecule has 0 bridgehead atoms. The van der Waals surface area contributed by atoms with E-state index >= 15 is 0 Å². The first-order chi connectivity index (χ1) is 31.2. The second-order valence-corrected chi connectivity index (χ2v) is 15.8. The predicted octanol–water partition coefficient (Wildman–Crippen LogP) is 14.7. The lowest BCUT2D eigenvalue weighted by Crippen LogP contribution is -2.00. The zero-order valence-electron chi connectivity index (χ0n) is 34.1. The van der Waals surface area contributed by atoms with Gasteiger partial charge in [0.25, 0.3) is 0 Å². The van der Waals surface area contributed by atoms with Crippen molar-refractivity contribution >= 4 is 43.5 Å². The first-order valence-corrected chi connectivity index (χ1v) is 21.2. The van der Waals surface area contributed by atoms with E-state index < -0.39 is 0 Å². The molecule has 12 rings (SSSR count). The van der Waals surface area contributed by atoms with Gasteiger partial charge in [0.1, 0.15) is 0 Å². The van der Waals surface area contributed by atoms with E-state index in [4.69, 9.17) is 19.9 Å². The molecule has 0 saturated heterocycles. The maximum absolute atomic E-state index is 5.27. The van der Waals surface area contributed by atoms with Crippen LogP contribution in [0.5, 0.6) is 0 Å². The summed E-state index contributed by atoms with van der Waals surface area (Å²) in [6, 6.07) is 78.6. The van der Waals surface area contributed by atoms with Crippen molar-refractivity contribution in [3.63, 3.8) is 0 Å². The number of para-hydroxylation sites is 2. The highest BCUT2D eigenvalue weighted by atomic mass is 15.0. The minimum atomic E-state index is 0.621. The Kier molecular flexibility index (Phi) is 8.75. The van der Waals surface area contributed by atoms with E-state index in [1.54, 1.807) is 0 Å². The third-order valence-corrected chi connectivity index (χ3v) is 12.0. The van der Waals surface area contributed by atoms with E-state index in [1.165, 1.54) is 16.2 Å². The molecular weight excluding hydrogens is 767 g/mol. The molecule has 0 N–H and O–H groups in total. The first kappa shape index (κ1) is 36.3. The predicted molar refractivity (Wildman–Crippen MR) is 260 cm³/mol. The smallest absolute Gasteiger partial charge is 0.164 e. The van der Waals surface area contributed by atoms with E-state index in [1.807, 2.05) is 36.4 Å². The molecule has 0 aliphatic heterocycles. The minimum absolute atomic E-state index is 0.621. The fraction of sp³-hybridized carbons (Fsp3) is 0. The Labute approximate surface area is 364 Å². The molecule has 294 valence electrons. The summed E-state index contributed by atoms with van der Waals surface area (Å²) in [6.45, 7) is 0. The molecule has 5 nitrogen and oxygen atoms in total. The van der Waals surface area contributed by atoms with Crippen LogP contribution in [0.3, 0.4) is 0 Å². The van der Waals surface area contributed by atoms with Crippen LogP contribution in [0.1, 0.15) is 0 Å². The lowest BCUT2D eigenvalue weighted by atomic mass is 9.95. The summed E-state index contributed by atoms with van der Waals surface area (Å²) in [4.78, 5) is 20.5. The molecule has 63 heavy (non-hydrogen) atoms. The van der Waals surface area contributed by atoms with E-state index in [-0.39, 0.29) is 0 Å². The standard InChI is InChI=1S/C58H37N5/c1-5-17-38(18-6-1)43-23-15-24-44(37-43)58-61-56(41-21-9-3-10-22-41)60-57(62-58)42-33-31-39(32-34-42)46-28-16-30-51-52(46)49-36-35-48-53(55(49)63(51)45-25-11-4-12-26-45)47-27-13-14-29-50(47)59-54(48)40-19-7-2-8-20-40/h1-37H. The van der Waals surface area contributed by atoms with Gasteiger partial charge in [-0.2, -0.15) is 0 Å². The molecule has 0 spiro atoms. The van der Waals surface area contributed by atoms with Crippen molar-refractivity contribution in [2.24, 2.45) is 0 Å². The van der Waals surface area contributed by atoms with Gasteiger partial charge in [0, 0.05) is 54.9 Å². The molecule has 0 amide bonds. The van der Waals surface area contributed by atoms with E-state index in [2.05, 4.69) is 193 Å². The topological polar surface area (TPSA) is 56.5 Å². The monoisotopic (exact) mass is 803 g/mol. The summed E-state index contributed by atoms with van der Waals surface area (Å²) < 4.78 is 2.44. The van der Waals surface area contributed by atoms with Crippen molar-refractivity contribution in [3.05, 3.63) is 224 Å². The van der Waals surface area contributed by atoms with Crippen LogP contribution in [-0.2, 0) is 0 Å². The van der Waals surface area contributed by atoms with Crippen molar-refractivity contribution < 1.29 is 0 Å². The number of hydrogen-bond acceptors (Lipinski definition) is 4. The van der Waals surface area contributed by atoms with Crippen molar-refractivity contribution in [1.82, 2.24) is 24.5 Å². The summed E-state index contributed by atoms with van der Waals surface area (Å²) in [5, 5.41) is 5.82. The lowest BCUT2D eigenvalue weighted by Gasteiger charge is -2.14. The number of rotatable bonds is 7. The van der Waals surface area contributed by atoms with Gasteiger partial charge in [-0.3, -0.25) is 0 Å². The number of nitrogens with zero attached hydrogens (tertiary/aromatic N) is 5. The van der Waals surface area contributed by atoms with Crippen LogP contribution < -0.4 is 0 Å². The zero-order valence-corrected chi connectivity index (χ0v) is 34.1. The Morgan fingerprint density at radius 2 is 0.825 bits per heavy atom. The molecule has 0 saturated carbocycles. The molecule has 0 fully saturated rings. The van der Waals surface area contributed by atoms with Gasteiger partial charge in [0.15, 0.2) is 17.5 Å². The summed E-state index contributed by atoms with van der Waals surface area (Å²) in [7, 11) is 0. The van der Waals surface area contributed by atoms with Crippen LogP contribution >= 0.6 is 0 Å². The molecule has 5 heteroatoms. The van der Waals surface area contributed by atoms with Gasteiger partial charge in [-0.1, -0.05) is 194 Å². The van der Waals surface area contributed by atoms with Gasteiger partial charge < -0.3 is 4.57 Å². The molecule has 3 heterocycles. The highest BCUT2D eigenvalue weighted by Crippen LogP contribution is 2.45. The third kappa shape index (κ3) is 6.34. The van der Waals surface area contributed by atoms with Crippen LogP contribution in [0.25, 0.3) is 117 Å². The van der Waals surface area contributed by atoms with E-state index in [0.29, 0.717) is 17.5 Å². The fourth-order valence-electron chi connectivity index (χ4n) is 9.11. The van der Waals surface area contributed by atoms with Gasteiger partial charge in [0.2, 0.25) is 0 Å². The average molecular weight is 804 g/mol. The minimum Gasteiger partial charge on any atom is -0.309 e. The first-order valence-electron chi connectivity index (χ1n) is 21.2. The summed E-state index contributed by atoms with van der Waals surface area (Å²) in [5.74, 6) is 1.88. The molecular formula is C58H37N5. The summed E-state index contributed by atoms with van der Waals surface area (Å²) in [5.41, 5.74) is 13.7. The Bertz CT molecular complexity index is 3640. The van der Waals surface area contributed by atoms with Crippen LogP contribution in [0.4, 0.5) is 0 Å². The van der Waals surface area contributed by atoms with Crippen molar-refractivity contribution in [2.75, 3.05) is 0 Å². The number of aromatic nitrogens is 5. The van der Waals surface area contributed by atoms with Crippen LogP contribution in [-0.4, -0.2) is 24.5 Å². The molecule has 0 aliphatic carbocycles. The number of pyridine rings is 1. The van der Waals surface area contributed by atoms with Gasteiger partial charge in [-0.15, -0.1) is 0 Å². The highest BCUT2D eigenvalue weighted by Gasteiger charge is 2.22. The highest BCUT2D eigenvalue weighted by molar-refractivity contribution is 6.28. The molecule has 0 radical (unpaired) electrons. The average Bonchev–Trinajstić information content (AvgIpc) is 3.72. The largest absolute Gasteiger partial charge is 0.309 e. The Morgan fingerprint density at radius 3 is 1.54 bits per heavy atom. The van der Waals surface area contributed by atoms with E-state index in [0.717, 1.165) is 83.2 Å². The number of fused-ring (bicyclic) bond motifs is 7. The lowest BCUT2D eigenvalue weighted by molar-refractivity contribution is 1.07. The number of hydrogen-bond donors (Lipinski definition) is 0. The van der Waals surface area contributed by atoms with Crippen LogP contribution in [0.15, 0.2) is 224 Å².